The van der Waals surface area contributed by atoms with Gasteiger partial charge in [-0.3, -0.25) is 9.69 Å². The standard InChI is InChI=1S/C27H43N5OS/c1-19(2)31-17-23-7-8-24(18-31)32(23)26-28-13-20(14-29-26)15-30(3)16-22-9-11-27(25(33)34-4)10-5-6-21(22)12-27/h13-14,19,21-24H,5-12,15-18H2,1-4H3. The van der Waals surface area contributed by atoms with Gasteiger partial charge in [0.25, 0.3) is 0 Å². The van der Waals surface area contributed by atoms with Crippen LogP contribution in [-0.4, -0.2) is 75.9 Å². The second kappa shape index (κ2) is 10.1. The van der Waals surface area contributed by atoms with Crippen molar-refractivity contribution in [2.24, 2.45) is 17.3 Å². The lowest BCUT2D eigenvalue weighted by molar-refractivity contribution is -0.126. The molecule has 5 rings (SSSR count). The van der Waals surface area contributed by atoms with E-state index >= 15 is 0 Å². The summed E-state index contributed by atoms with van der Waals surface area (Å²) in [5.74, 6) is 2.34. The number of thioether (sulfide) groups is 1. The van der Waals surface area contributed by atoms with Crippen molar-refractivity contribution in [2.45, 2.75) is 89.9 Å². The molecule has 188 valence electrons. The molecule has 2 saturated carbocycles. The second-order valence-corrected chi connectivity index (χ2v) is 12.6. The molecule has 34 heavy (non-hydrogen) atoms. The first-order valence-electron chi connectivity index (χ1n) is 13.5. The van der Waals surface area contributed by atoms with E-state index in [4.69, 9.17) is 9.97 Å². The van der Waals surface area contributed by atoms with Crippen molar-refractivity contribution < 1.29 is 4.79 Å². The van der Waals surface area contributed by atoms with Crippen LogP contribution >= 0.6 is 11.8 Å². The summed E-state index contributed by atoms with van der Waals surface area (Å²) in [5, 5.41) is 0.445. The number of carbonyl (C=O) groups excluding carboxylic acids is 1. The van der Waals surface area contributed by atoms with E-state index in [0.29, 0.717) is 35.1 Å². The highest BCUT2D eigenvalue weighted by molar-refractivity contribution is 8.13. The third kappa shape index (κ3) is 4.77. The zero-order valence-corrected chi connectivity index (χ0v) is 22.4. The van der Waals surface area contributed by atoms with Crippen molar-refractivity contribution >= 4 is 22.8 Å². The molecule has 4 fully saturated rings. The van der Waals surface area contributed by atoms with Crippen LogP contribution in [0.3, 0.4) is 0 Å². The Morgan fingerprint density at radius 2 is 1.85 bits per heavy atom. The van der Waals surface area contributed by atoms with Gasteiger partial charge >= 0.3 is 0 Å². The summed E-state index contributed by atoms with van der Waals surface area (Å²) in [7, 11) is 2.23. The summed E-state index contributed by atoms with van der Waals surface area (Å²) in [5.41, 5.74) is 1.19. The lowest BCUT2D eigenvalue weighted by Gasteiger charge is -2.48. The maximum Gasteiger partial charge on any atom is 0.225 e. The monoisotopic (exact) mass is 485 g/mol. The lowest BCUT2D eigenvalue weighted by Crippen LogP contribution is -2.56. The summed E-state index contributed by atoms with van der Waals surface area (Å²) in [4.78, 5) is 29.9. The van der Waals surface area contributed by atoms with E-state index in [1.807, 2.05) is 6.26 Å². The fourth-order valence-electron chi connectivity index (χ4n) is 7.50. The Labute approximate surface area is 210 Å². The van der Waals surface area contributed by atoms with E-state index in [1.54, 1.807) is 0 Å². The average molecular weight is 486 g/mol. The Kier molecular flexibility index (Phi) is 7.25. The number of hydrogen-bond donors (Lipinski definition) is 0. The number of anilines is 1. The molecule has 4 aliphatic rings. The van der Waals surface area contributed by atoms with Gasteiger partial charge in [0.05, 0.1) is 0 Å². The Bertz CT molecular complexity index is 849. The number of hydrogen-bond acceptors (Lipinski definition) is 7. The molecule has 0 aromatic carbocycles. The molecule has 6 nitrogen and oxygen atoms in total. The van der Waals surface area contributed by atoms with E-state index < -0.39 is 0 Å². The number of rotatable bonds is 7. The van der Waals surface area contributed by atoms with Gasteiger partial charge in [-0.2, -0.15) is 0 Å². The van der Waals surface area contributed by atoms with Crippen molar-refractivity contribution in [3.8, 4) is 0 Å². The van der Waals surface area contributed by atoms with Crippen LogP contribution < -0.4 is 4.90 Å². The van der Waals surface area contributed by atoms with Crippen LogP contribution in [0.2, 0.25) is 0 Å². The predicted molar refractivity (Wildman–Crippen MR) is 140 cm³/mol. The van der Waals surface area contributed by atoms with Gasteiger partial charge in [0.1, 0.15) is 0 Å². The minimum Gasteiger partial charge on any atom is -0.332 e. The first-order valence-corrected chi connectivity index (χ1v) is 14.7. The number of piperazine rings is 1. The fraction of sp³-hybridized carbons (Fsp3) is 0.815. The Morgan fingerprint density at radius 3 is 2.50 bits per heavy atom. The average Bonchev–Trinajstić information content (AvgIpc) is 3.09. The summed E-state index contributed by atoms with van der Waals surface area (Å²) in [6.45, 7) is 8.88. The lowest BCUT2D eigenvalue weighted by atomic mass is 9.59. The van der Waals surface area contributed by atoms with E-state index in [9.17, 15) is 4.79 Å². The SMILES string of the molecule is CSC(=O)C12CCCC(C1)C(CN(C)Cc1cnc(N3C4CCC3CN(C(C)C)C4)nc1)CC2. The highest BCUT2D eigenvalue weighted by Crippen LogP contribution is 2.53. The van der Waals surface area contributed by atoms with Crippen LogP contribution in [0.4, 0.5) is 5.95 Å². The zero-order chi connectivity index (χ0) is 23.9. The summed E-state index contributed by atoms with van der Waals surface area (Å²) < 4.78 is 0. The minimum absolute atomic E-state index is 0.0128. The number of aromatic nitrogens is 2. The van der Waals surface area contributed by atoms with Gasteiger partial charge in [0.2, 0.25) is 5.95 Å². The molecule has 1 aromatic heterocycles. The predicted octanol–water partition coefficient (Wildman–Crippen LogP) is 4.45. The Morgan fingerprint density at radius 1 is 1.15 bits per heavy atom. The molecule has 2 saturated heterocycles. The first kappa shape index (κ1) is 24.5. The van der Waals surface area contributed by atoms with Gasteiger partial charge in [-0.25, -0.2) is 9.97 Å². The summed E-state index contributed by atoms with van der Waals surface area (Å²) in [6.07, 6.45) is 15.6. The molecule has 0 spiro atoms. The van der Waals surface area contributed by atoms with Crippen molar-refractivity contribution in [1.29, 1.82) is 0 Å². The van der Waals surface area contributed by atoms with Crippen LogP contribution in [0, 0.1) is 17.3 Å². The minimum atomic E-state index is -0.0128. The molecule has 0 N–H and O–H groups in total. The zero-order valence-electron chi connectivity index (χ0n) is 21.6. The van der Waals surface area contributed by atoms with E-state index in [0.717, 1.165) is 51.4 Å². The smallest absolute Gasteiger partial charge is 0.225 e. The quantitative estimate of drug-likeness (QED) is 0.566. The van der Waals surface area contributed by atoms with Crippen LogP contribution in [0.15, 0.2) is 12.4 Å². The first-order chi connectivity index (χ1) is 16.4. The maximum absolute atomic E-state index is 12.6. The molecule has 5 atom stereocenters. The van der Waals surface area contributed by atoms with Crippen molar-refractivity contribution in [2.75, 3.05) is 37.8 Å². The molecular weight excluding hydrogens is 442 g/mol. The molecule has 0 radical (unpaired) electrons. The molecule has 1 aromatic rings. The number of nitrogens with zero attached hydrogens (tertiary/aromatic N) is 5. The Hall–Kier alpha value is -1.18. The summed E-state index contributed by atoms with van der Waals surface area (Å²) >= 11 is 1.46. The van der Waals surface area contributed by atoms with Crippen molar-refractivity contribution in [3.63, 3.8) is 0 Å². The number of likely N-dealkylation sites (tertiary alicyclic amines) is 1. The van der Waals surface area contributed by atoms with Gasteiger partial charge in [0, 0.05) is 67.7 Å². The molecule has 3 heterocycles. The van der Waals surface area contributed by atoms with Gasteiger partial charge in [0.15, 0.2) is 5.12 Å². The van der Waals surface area contributed by atoms with Crippen LogP contribution in [0.1, 0.15) is 70.8 Å². The largest absolute Gasteiger partial charge is 0.332 e. The van der Waals surface area contributed by atoms with E-state index in [1.165, 1.54) is 49.4 Å². The maximum atomic E-state index is 12.6. The van der Waals surface area contributed by atoms with E-state index in [2.05, 4.69) is 48.0 Å². The Balaban J connectivity index is 1.16. The number of fused-ring (bicyclic) bond motifs is 4. The fourth-order valence-corrected chi connectivity index (χ4v) is 8.22. The summed E-state index contributed by atoms with van der Waals surface area (Å²) in [6, 6.07) is 1.73. The molecular formula is C27H43N5OS. The number of carbonyl (C=O) groups is 1. The van der Waals surface area contributed by atoms with Gasteiger partial charge in [-0.15, -0.1) is 0 Å². The van der Waals surface area contributed by atoms with Crippen molar-refractivity contribution in [3.05, 3.63) is 18.0 Å². The van der Waals surface area contributed by atoms with Gasteiger partial charge < -0.3 is 9.80 Å². The molecule has 2 aliphatic carbocycles. The van der Waals surface area contributed by atoms with Gasteiger partial charge in [-0.05, 0) is 77.5 Å². The van der Waals surface area contributed by atoms with Crippen LogP contribution in [0.25, 0.3) is 0 Å². The molecule has 0 amide bonds. The molecule has 2 aliphatic heterocycles. The third-order valence-corrected chi connectivity index (χ3v) is 10.1. The molecule has 7 heteroatoms. The molecule has 5 unspecified atom stereocenters. The highest BCUT2D eigenvalue weighted by atomic mass is 32.2. The second-order valence-electron chi connectivity index (χ2n) is 11.9. The van der Waals surface area contributed by atoms with E-state index in [-0.39, 0.29) is 5.41 Å². The normalized spacial score (nSPS) is 33.6. The van der Waals surface area contributed by atoms with Crippen molar-refractivity contribution in [1.82, 2.24) is 19.8 Å². The topological polar surface area (TPSA) is 52.6 Å². The highest BCUT2D eigenvalue weighted by Gasteiger charge is 2.47. The molecule has 4 bridgehead atoms. The third-order valence-electron chi connectivity index (χ3n) is 9.32. The van der Waals surface area contributed by atoms with Crippen LogP contribution in [0.5, 0.6) is 0 Å². The van der Waals surface area contributed by atoms with Gasteiger partial charge in [-0.1, -0.05) is 24.6 Å². The van der Waals surface area contributed by atoms with Crippen LogP contribution in [-0.2, 0) is 11.3 Å².